The van der Waals surface area contributed by atoms with Crippen molar-refractivity contribution in [1.29, 1.82) is 5.26 Å². The number of hydrogen-bond donors (Lipinski definition) is 0. The van der Waals surface area contributed by atoms with Gasteiger partial charge in [-0.1, -0.05) is 18.2 Å². The average Bonchev–Trinajstić information content (AvgIpc) is 3.45. The van der Waals surface area contributed by atoms with E-state index in [0.717, 1.165) is 23.3 Å². The zero-order chi connectivity index (χ0) is 17.4. The van der Waals surface area contributed by atoms with E-state index < -0.39 is 0 Å². The first-order valence-corrected chi connectivity index (χ1v) is 9.07. The van der Waals surface area contributed by atoms with Gasteiger partial charge in [0.2, 0.25) is 0 Å². The fraction of sp³-hybridized carbons (Fsp3) is 0.318. The molecule has 2 aromatic carbocycles. The maximum atomic E-state index is 9.26. The van der Waals surface area contributed by atoms with Gasteiger partial charge in [-0.15, -0.1) is 0 Å². The van der Waals surface area contributed by atoms with Crippen LogP contribution in [0.15, 0.2) is 54.7 Å². The number of fused-ring (bicyclic) bond motifs is 1. The van der Waals surface area contributed by atoms with Crippen LogP contribution in [-0.2, 0) is 6.67 Å². The Morgan fingerprint density at radius 2 is 1.92 bits per heavy atom. The Balaban J connectivity index is 1.80. The predicted octanol–water partition coefficient (Wildman–Crippen LogP) is 5.01. The first kappa shape index (κ1) is 15.9. The zero-order valence-electron chi connectivity index (χ0n) is 14.9. The van der Waals surface area contributed by atoms with Gasteiger partial charge >= 0.3 is 0 Å². The van der Waals surface area contributed by atoms with E-state index in [-0.39, 0.29) is 0 Å². The Labute approximate surface area is 149 Å². The van der Waals surface area contributed by atoms with Crippen molar-refractivity contribution < 1.29 is 0 Å². The van der Waals surface area contributed by atoms with Crippen molar-refractivity contribution in [3.8, 4) is 6.07 Å². The number of quaternary nitrogens is 1. The third-order valence-electron chi connectivity index (χ3n) is 5.60. The SMILES string of the molecule is CC[N+](C)(Cn1cc(C2CC2)c2cc(C#N)ccc21)c1ccccc1. The summed E-state index contributed by atoms with van der Waals surface area (Å²) in [5.41, 5.74) is 4.74. The van der Waals surface area contributed by atoms with Crippen LogP contribution in [0.3, 0.4) is 0 Å². The molecule has 1 unspecified atom stereocenters. The van der Waals surface area contributed by atoms with Gasteiger partial charge in [0.1, 0.15) is 5.69 Å². The summed E-state index contributed by atoms with van der Waals surface area (Å²) in [6.45, 7) is 4.17. The lowest BCUT2D eigenvalue weighted by molar-refractivity contribution is 0.284. The Kier molecular flexibility index (Phi) is 3.86. The molecule has 1 aliphatic rings. The summed E-state index contributed by atoms with van der Waals surface area (Å²) in [6.07, 6.45) is 4.88. The van der Waals surface area contributed by atoms with Gasteiger partial charge < -0.3 is 0 Å². The quantitative estimate of drug-likeness (QED) is 0.605. The molecule has 1 saturated carbocycles. The van der Waals surface area contributed by atoms with Crippen LogP contribution in [0.5, 0.6) is 0 Å². The highest BCUT2D eigenvalue weighted by molar-refractivity contribution is 5.86. The van der Waals surface area contributed by atoms with Gasteiger partial charge in [0.25, 0.3) is 0 Å². The van der Waals surface area contributed by atoms with E-state index in [2.05, 4.69) is 73.3 Å². The maximum Gasteiger partial charge on any atom is 0.162 e. The molecular weight excluding hydrogens is 306 g/mol. The van der Waals surface area contributed by atoms with Crippen molar-refractivity contribution in [2.45, 2.75) is 32.4 Å². The van der Waals surface area contributed by atoms with Gasteiger partial charge in [-0.3, -0.25) is 9.05 Å². The molecule has 0 saturated heterocycles. The second-order valence-electron chi connectivity index (χ2n) is 7.36. The summed E-state index contributed by atoms with van der Waals surface area (Å²) in [5.74, 6) is 0.676. The van der Waals surface area contributed by atoms with Gasteiger partial charge in [0.15, 0.2) is 6.67 Å². The lowest BCUT2D eigenvalue weighted by Crippen LogP contribution is -2.45. The molecule has 1 aromatic heterocycles. The van der Waals surface area contributed by atoms with E-state index >= 15 is 0 Å². The first-order chi connectivity index (χ1) is 12.1. The summed E-state index contributed by atoms with van der Waals surface area (Å²) in [7, 11) is 2.29. The molecule has 3 nitrogen and oxygen atoms in total. The second kappa shape index (κ2) is 6.06. The fourth-order valence-corrected chi connectivity index (χ4v) is 3.72. The van der Waals surface area contributed by atoms with E-state index in [0.29, 0.717) is 5.92 Å². The molecule has 0 amide bonds. The number of rotatable bonds is 5. The van der Waals surface area contributed by atoms with Gasteiger partial charge in [0, 0.05) is 11.6 Å². The number of benzene rings is 2. The van der Waals surface area contributed by atoms with Gasteiger partial charge in [-0.05, 0) is 61.6 Å². The fourth-order valence-electron chi connectivity index (χ4n) is 3.72. The maximum absolute atomic E-state index is 9.26. The summed E-state index contributed by atoms with van der Waals surface area (Å²) >= 11 is 0. The molecule has 0 aliphatic heterocycles. The van der Waals surface area contributed by atoms with E-state index in [1.54, 1.807) is 0 Å². The molecule has 25 heavy (non-hydrogen) atoms. The van der Waals surface area contributed by atoms with E-state index in [1.807, 2.05) is 6.07 Å². The summed E-state index contributed by atoms with van der Waals surface area (Å²) < 4.78 is 3.25. The predicted molar refractivity (Wildman–Crippen MR) is 103 cm³/mol. The van der Waals surface area contributed by atoms with Crippen molar-refractivity contribution in [3.63, 3.8) is 0 Å². The van der Waals surface area contributed by atoms with Crippen LogP contribution >= 0.6 is 0 Å². The molecule has 1 fully saturated rings. The minimum atomic E-state index is 0.676. The van der Waals surface area contributed by atoms with Crippen molar-refractivity contribution in [3.05, 3.63) is 65.9 Å². The average molecular weight is 330 g/mol. The van der Waals surface area contributed by atoms with Gasteiger partial charge in [0.05, 0.1) is 30.7 Å². The summed E-state index contributed by atoms with van der Waals surface area (Å²) in [4.78, 5) is 0. The van der Waals surface area contributed by atoms with Crippen LogP contribution in [0, 0.1) is 11.3 Å². The molecule has 0 bridgehead atoms. The van der Waals surface area contributed by atoms with Crippen LogP contribution in [0.2, 0.25) is 0 Å². The number of hydrogen-bond acceptors (Lipinski definition) is 1. The topological polar surface area (TPSA) is 28.7 Å². The minimum Gasteiger partial charge on any atom is -0.300 e. The van der Waals surface area contributed by atoms with Gasteiger partial charge in [-0.2, -0.15) is 5.26 Å². The first-order valence-electron chi connectivity index (χ1n) is 9.07. The molecule has 0 N–H and O–H groups in total. The highest BCUT2D eigenvalue weighted by atomic mass is 15.4. The molecule has 4 rings (SSSR count). The Bertz CT molecular complexity index is 945. The lowest BCUT2D eigenvalue weighted by Gasteiger charge is -2.33. The van der Waals surface area contributed by atoms with E-state index in [9.17, 15) is 5.26 Å². The third kappa shape index (κ3) is 2.83. The van der Waals surface area contributed by atoms with Crippen molar-refractivity contribution in [2.24, 2.45) is 0 Å². The van der Waals surface area contributed by atoms with Crippen molar-refractivity contribution in [1.82, 2.24) is 9.05 Å². The number of nitriles is 1. The number of para-hydroxylation sites is 1. The molecule has 126 valence electrons. The second-order valence-corrected chi connectivity index (χ2v) is 7.36. The standard InChI is InChI=1S/C22H24N3/c1-3-25(2,19-7-5-4-6-8-19)16-24-15-21(18-10-11-18)20-13-17(14-23)9-12-22(20)24/h4-9,12-13,15,18H,3,10-11,16H2,1-2H3/q+1. The molecule has 1 atom stereocenters. The Morgan fingerprint density at radius 1 is 1.16 bits per heavy atom. The molecule has 0 radical (unpaired) electrons. The summed E-state index contributed by atoms with van der Waals surface area (Å²) in [5, 5.41) is 10.5. The van der Waals surface area contributed by atoms with Crippen LogP contribution in [0.25, 0.3) is 10.9 Å². The van der Waals surface area contributed by atoms with Crippen molar-refractivity contribution in [2.75, 3.05) is 13.6 Å². The van der Waals surface area contributed by atoms with E-state index in [4.69, 9.17) is 0 Å². The molecule has 1 heterocycles. The highest BCUT2D eigenvalue weighted by Gasteiger charge is 2.29. The lowest BCUT2D eigenvalue weighted by atomic mass is 10.1. The minimum absolute atomic E-state index is 0.676. The monoisotopic (exact) mass is 330 g/mol. The molecular formula is C22H24N3+. The normalized spacial score (nSPS) is 16.5. The molecule has 0 spiro atoms. The summed E-state index contributed by atoms with van der Waals surface area (Å²) in [6, 6.07) is 19.1. The molecule has 3 aromatic rings. The van der Waals surface area contributed by atoms with Crippen LogP contribution < -0.4 is 4.48 Å². The Hall–Kier alpha value is -2.57. The van der Waals surface area contributed by atoms with Crippen LogP contribution in [-0.4, -0.2) is 18.2 Å². The Morgan fingerprint density at radius 3 is 2.56 bits per heavy atom. The van der Waals surface area contributed by atoms with Crippen LogP contribution in [0.4, 0.5) is 5.69 Å². The van der Waals surface area contributed by atoms with E-state index in [1.165, 1.54) is 35.0 Å². The molecule has 3 heteroatoms. The van der Waals surface area contributed by atoms with Crippen molar-refractivity contribution >= 4 is 16.6 Å². The smallest absolute Gasteiger partial charge is 0.162 e. The van der Waals surface area contributed by atoms with Crippen LogP contribution in [0.1, 0.15) is 36.8 Å². The van der Waals surface area contributed by atoms with Gasteiger partial charge in [-0.25, -0.2) is 0 Å². The third-order valence-corrected chi connectivity index (χ3v) is 5.60. The molecule has 1 aliphatic carbocycles. The number of aromatic nitrogens is 1. The zero-order valence-corrected chi connectivity index (χ0v) is 14.9. The highest BCUT2D eigenvalue weighted by Crippen LogP contribution is 2.44. The number of nitrogens with zero attached hydrogens (tertiary/aromatic N) is 3. The largest absolute Gasteiger partial charge is 0.300 e.